The zero-order valence-electron chi connectivity index (χ0n) is 16.8. The maximum absolute atomic E-state index is 13.0. The molecule has 2 atom stereocenters. The molecule has 1 heterocycles. The van der Waals surface area contributed by atoms with Crippen LogP contribution in [0.1, 0.15) is 5.56 Å². The van der Waals surface area contributed by atoms with Crippen molar-refractivity contribution in [2.45, 2.75) is 29.9 Å². The van der Waals surface area contributed by atoms with E-state index in [1.807, 2.05) is 43.3 Å². The van der Waals surface area contributed by atoms with Gasteiger partial charge in [-0.3, -0.25) is 0 Å². The van der Waals surface area contributed by atoms with E-state index in [9.17, 15) is 13.7 Å². The van der Waals surface area contributed by atoms with Gasteiger partial charge in [-0.2, -0.15) is 5.26 Å². The highest BCUT2D eigenvalue weighted by Gasteiger charge is 2.50. The number of nitriles is 1. The number of benzene rings is 3. The second-order valence-corrected chi connectivity index (χ2v) is 13.8. The Morgan fingerprint density at radius 1 is 0.867 bits per heavy atom. The van der Waals surface area contributed by atoms with Crippen LogP contribution < -0.4 is 15.1 Å². The van der Waals surface area contributed by atoms with E-state index in [2.05, 4.69) is 35.1 Å². The third-order valence-electron chi connectivity index (χ3n) is 6.08. The van der Waals surface area contributed by atoms with E-state index in [1.54, 1.807) is 24.3 Å². The van der Waals surface area contributed by atoms with Crippen molar-refractivity contribution in [1.82, 2.24) is 4.72 Å². The van der Waals surface area contributed by atoms with Gasteiger partial charge in [-0.15, -0.1) is 0 Å². The minimum Gasteiger partial charge on any atom is -0.207 e. The van der Waals surface area contributed by atoms with E-state index in [4.69, 9.17) is 0 Å². The topological polar surface area (TPSA) is 70.0 Å². The molecule has 30 heavy (non-hydrogen) atoms. The lowest BCUT2D eigenvalue weighted by molar-refractivity contribution is 0.531. The predicted octanol–water partition coefficient (Wildman–Crippen LogP) is 3.06. The average molecular weight is 433 g/mol. The van der Waals surface area contributed by atoms with Crippen LogP contribution in [0.5, 0.6) is 0 Å². The van der Waals surface area contributed by atoms with Crippen LogP contribution in [0, 0.1) is 24.2 Å². The lowest BCUT2D eigenvalue weighted by Crippen LogP contribution is -2.57. The molecule has 3 aromatic carbocycles. The molecule has 0 amide bonds. The molecule has 6 heteroatoms. The fourth-order valence-electron chi connectivity index (χ4n) is 4.52. The second kappa shape index (κ2) is 8.19. The Labute approximate surface area is 179 Å². The third-order valence-corrected chi connectivity index (χ3v) is 12.7. The number of nitrogens with one attached hydrogen (secondary N) is 1. The van der Waals surface area contributed by atoms with Crippen LogP contribution in [-0.4, -0.2) is 22.5 Å². The maximum atomic E-state index is 13.0. The zero-order valence-corrected chi connectivity index (χ0v) is 18.6. The van der Waals surface area contributed by atoms with Crippen molar-refractivity contribution in [1.29, 1.82) is 5.26 Å². The summed E-state index contributed by atoms with van der Waals surface area (Å²) in [5.41, 5.74) is 1.00. The van der Waals surface area contributed by atoms with Gasteiger partial charge in [0.25, 0.3) is 0 Å². The van der Waals surface area contributed by atoms with Gasteiger partial charge in [0.1, 0.15) is 8.07 Å². The van der Waals surface area contributed by atoms with Crippen LogP contribution in [0.25, 0.3) is 0 Å². The van der Waals surface area contributed by atoms with E-state index < -0.39 is 24.1 Å². The molecule has 0 spiro atoms. The molecule has 1 fully saturated rings. The smallest absolute Gasteiger partial charge is 0.207 e. The Hall–Kier alpha value is -2.72. The van der Waals surface area contributed by atoms with Crippen molar-refractivity contribution >= 4 is 28.5 Å². The standard InChI is InChI=1S/C24H24N2O2SSi/c1-19-12-14-21(15-13-19)29(27,28)26-24-18-30(17-20(24)16-25,22-8-4-2-5-9-22)23-10-6-3-7-11-23/h2-15,20,24,26H,17-18H2,1H3/t20-,24-/m0/s1. The molecule has 0 aliphatic carbocycles. The van der Waals surface area contributed by atoms with Crippen LogP contribution in [-0.2, 0) is 10.0 Å². The Balaban J connectivity index is 1.72. The first-order valence-electron chi connectivity index (χ1n) is 10.0. The molecule has 1 saturated heterocycles. The predicted molar refractivity (Wildman–Crippen MR) is 122 cm³/mol. The maximum Gasteiger partial charge on any atom is 0.240 e. The van der Waals surface area contributed by atoms with Gasteiger partial charge in [-0.05, 0) is 31.1 Å². The first-order valence-corrected chi connectivity index (χ1v) is 13.9. The number of nitrogens with zero attached hydrogens (tertiary/aromatic N) is 1. The average Bonchev–Trinajstić information content (AvgIpc) is 3.14. The molecule has 1 N–H and O–H groups in total. The second-order valence-electron chi connectivity index (χ2n) is 8.00. The molecule has 4 rings (SSSR count). The van der Waals surface area contributed by atoms with Crippen LogP contribution in [0.4, 0.5) is 0 Å². The van der Waals surface area contributed by atoms with Crippen LogP contribution >= 0.6 is 0 Å². The highest BCUT2D eigenvalue weighted by atomic mass is 32.2. The number of hydrogen-bond acceptors (Lipinski definition) is 3. The normalized spacial score (nSPS) is 20.5. The van der Waals surface area contributed by atoms with Crippen molar-refractivity contribution in [3.8, 4) is 6.07 Å². The Morgan fingerprint density at radius 2 is 1.40 bits per heavy atom. The summed E-state index contributed by atoms with van der Waals surface area (Å²) in [6.07, 6.45) is 0. The quantitative estimate of drug-likeness (QED) is 0.630. The molecule has 0 aromatic heterocycles. The lowest BCUT2D eigenvalue weighted by atomic mass is 10.1. The van der Waals surface area contributed by atoms with Gasteiger partial charge in [-0.25, -0.2) is 13.1 Å². The summed E-state index contributed by atoms with van der Waals surface area (Å²) in [6.45, 7) is 1.92. The van der Waals surface area contributed by atoms with E-state index in [1.165, 1.54) is 10.4 Å². The summed E-state index contributed by atoms with van der Waals surface area (Å²) in [5.74, 6) is -0.364. The van der Waals surface area contributed by atoms with Crippen molar-refractivity contribution < 1.29 is 8.42 Å². The molecule has 152 valence electrons. The molecule has 0 saturated carbocycles. The van der Waals surface area contributed by atoms with Gasteiger partial charge in [0.15, 0.2) is 0 Å². The van der Waals surface area contributed by atoms with Crippen LogP contribution in [0.2, 0.25) is 12.1 Å². The molecule has 1 aliphatic heterocycles. The molecule has 1 aliphatic rings. The monoisotopic (exact) mass is 432 g/mol. The number of sulfonamides is 1. The molecular weight excluding hydrogens is 408 g/mol. The SMILES string of the molecule is Cc1ccc(S(=O)(=O)N[C@H]2C[Si](c3ccccc3)(c3ccccc3)C[C@@H]2C#N)cc1. The first kappa shape index (κ1) is 20.5. The molecule has 0 radical (unpaired) electrons. The summed E-state index contributed by atoms with van der Waals surface area (Å²) < 4.78 is 29.0. The number of rotatable bonds is 5. The van der Waals surface area contributed by atoms with E-state index >= 15 is 0 Å². The third kappa shape index (κ3) is 3.84. The highest BCUT2D eigenvalue weighted by molar-refractivity contribution is 7.89. The van der Waals surface area contributed by atoms with E-state index in [-0.39, 0.29) is 10.8 Å². The summed E-state index contributed by atoms with van der Waals surface area (Å²) in [4.78, 5) is 0.239. The zero-order chi connectivity index (χ0) is 21.2. The molecule has 0 bridgehead atoms. The Kier molecular flexibility index (Phi) is 5.61. The minimum absolute atomic E-state index is 0.239. The lowest BCUT2D eigenvalue weighted by Gasteiger charge is -2.28. The molecule has 0 unspecified atom stereocenters. The fraction of sp³-hybridized carbons (Fsp3) is 0.208. The van der Waals surface area contributed by atoms with Crippen LogP contribution in [0.15, 0.2) is 89.8 Å². The Morgan fingerprint density at radius 3 is 1.90 bits per heavy atom. The highest BCUT2D eigenvalue weighted by Crippen LogP contribution is 2.36. The van der Waals surface area contributed by atoms with Gasteiger partial charge < -0.3 is 0 Å². The van der Waals surface area contributed by atoms with Gasteiger partial charge in [0, 0.05) is 6.04 Å². The first-order chi connectivity index (χ1) is 14.4. The van der Waals surface area contributed by atoms with Gasteiger partial charge in [0.05, 0.1) is 16.9 Å². The molecular formula is C24H24N2O2SSi. The van der Waals surface area contributed by atoms with Gasteiger partial charge in [-0.1, -0.05) is 88.7 Å². The minimum atomic E-state index is -3.70. The van der Waals surface area contributed by atoms with Crippen molar-refractivity contribution in [3.63, 3.8) is 0 Å². The van der Waals surface area contributed by atoms with Gasteiger partial charge >= 0.3 is 0 Å². The van der Waals surface area contributed by atoms with Crippen LogP contribution in [0.3, 0.4) is 0 Å². The summed E-state index contributed by atoms with van der Waals surface area (Å²) in [7, 11) is -5.99. The summed E-state index contributed by atoms with van der Waals surface area (Å²) in [5, 5.41) is 12.4. The fourth-order valence-corrected chi connectivity index (χ4v) is 11.3. The largest absolute Gasteiger partial charge is 0.240 e. The van der Waals surface area contributed by atoms with Gasteiger partial charge in [0.2, 0.25) is 10.0 Å². The van der Waals surface area contributed by atoms with E-state index in [0.717, 1.165) is 5.56 Å². The van der Waals surface area contributed by atoms with Crippen molar-refractivity contribution in [2.75, 3.05) is 0 Å². The van der Waals surface area contributed by atoms with Crippen molar-refractivity contribution in [2.24, 2.45) is 5.92 Å². The van der Waals surface area contributed by atoms with Crippen molar-refractivity contribution in [3.05, 3.63) is 90.5 Å². The number of hydrogen-bond donors (Lipinski definition) is 1. The summed E-state index contributed by atoms with van der Waals surface area (Å²) >= 11 is 0. The molecule has 3 aromatic rings. The Bertz CT molecular complexity index is 1120. The summed E-state index contributed by atoms with van der Waals surface area (Å²) in [6, 6.07) is 30.8. The molecule has 4 nitrogen and oxygen atoms in total. The number of aryl methyl sites for hydroxylation is 1. The van der Waals surface area contributed by atoms with E-state index in [0.29, 0.717) is 12.1 Å².